The van der Waals surface area contributed by atoms with E-state index < -0.39 is 5.60 Å². The molecule has 116 valence electrons. The van der Waals surface area contributed by atoms with Gasteiger partial charge in [0.1, 0.15) is 5.82 Å². The van der Waals surface area contributed by atoms with Gasteiger partial charge in [0.05, 0.1) is 12.1 Å². The van der Waals surface area contributed by atoms with Crippen LogP contribution in [0.15, 0.2) is 24.3 Å². The number of nitrogens with zero attached hydrogens (tertiary/aromatic N) is 1. The molecule has 2 rings (SSSR count). The van der Waals surface area contributed by atoms with Gasteiger partial charge in [0.25, 0.3) is 0 Å². The fourth-order valence-electron chi connectivity index (χ4n) is 2.86. The van der Waals surface area contributed by atoms with Crippen LogP contribution in [0, 0.1) is 5.82 Å². The Morgan fingerprint density at radius 1 is 1.43 bits per heavy atom. The molecule has 1 atom stereocenters. The van der Waals surface area contributed by atoms with E-state index in [1.165, 1.54) is 12.1 Å². The van der Waals surface area contributed by atoms with Gasteiger partial charge in [-0.15, -0.1) is 0 Å². The Morgan fingerprint density at radius 2 is 2.10 bits per heavy atom. The van der Waals surface area contributed by atoms with Crippen molar-refractivity contribution < 1.29 is 14.3 Å². The molecule has 21 heavy (non-hydrogen) atoms. The molecule has 1 aliphatic heterocycles. The molecule has 0 saturated carbocycles. The first-order chi connectivity index (χ1) is 9.86. The van der Waals surface area contributed by atoms with Gasteiger partial charge in [0.15, 0.2) is 0 Å². The van der Waals surface area contributed by atoms with Crippen molar-refractivity contribution in [3.05, 3.63) is 35.6 Å². The average Bonchev–Trinajstić information content (AvgIpc) is 2.86. The lowest BCUT2D eigenvalue weighted by Gasteiger charge is -2.33. The van der Waals surface area contributed by atoms with Crippen LogP contribution in [0.25, 0.3) is 0 Å². The van der Waals surface area contributed by atoms with Crippen molar-refractivity contribution in [2.75, 3.05) is 13.1 Å². The van der Waals surface area contributed by atoms with Crippen LogP contribution in [0.4, 0.5) is 4.39 Å². The summed E-state index contributed by atoms with van der Waals surface area (Å²) in [4.78, 5) is 14.0. The molecule has 1 saturated heterocycles. The Morgan fingerprint density at radius 3 is 2.71 bits per heavy atom. The number of likely N-dealkylation sites (tertiary alicyclic amines) is 1. The monoisotopic (exact) mass is 294 g/mol. The highest BCUT2D eigenvalue weighted by Gasteiger charge is 2.36. The lowest BCUT2D eigenvalue weighted by molar-refractivity contribution is -0.123. The van der Waals surface area contributed by atoms with Gasteiger partial charge in [0.2, 0.25) is 5.91 Å². The zero-order valence-electron chi connectivity index (χ0n) is 12.6. The molecular formula is C16H23FN2O2. The van der Waals surface area contributed by atoms with Gasteiger partial charge in [-0.1, -0.05) is 12.1 Å². The number of carbonyl (C=O) groups is 1. The molecule has 1 unspecified atom stereocenters. The highest BCUT2D eigenvalue weighted by molar-refractivity contribution is 5.78. The van der Waals surface area contributed by atoms with Crippen molar-refractivity contribution in [2.24, 2.45) is 0 Å². The Bertz CT molecular complexity index is 482. The molecular weight excluding hydrogens is 271 g/mol. The molecule has 0 aliphatic carbocycles. The number of benzene rings is 1. The van der Waals surface area contributed by atoms with Gasteiger partial charge in [0, 0.05) is 12.6 Å². The van der Waals surface area contributed by atoms with Crippen LogP contribution >= 0.6 is 0 Å². The quantitative estimate of drug-likeness (QED) is 0.868. The summed E-state index contributed by atoms with van der Waals surface area (Å²) in [5, 5.41) is 13.0. The Labute approximate surface area is 125 Å². The Balaban J connectivity index is 1.83. The summed E-state index contributed by atoms with van der Waals surface area (Å²) in [6.45, 7) is 5.08. The lowest BCUT2D eigenvalue weighted by atomic mass is 9.97. The summed E-state index contributed by atoms with van der Waals surface area (Å²) in [6.07, 6.45) is 1.91. The van der Waals surface area contributed by atoms with Crippen molar-refractivity contribution >= 4 is 5.91 Å². The molecule has 5 heteroatoms. The van der Waals surface area contributed by atoms with Gasteiger partial charge in [-0.2, -0.15) is 0 Å². The Hall–Kier alpha value is -1.46. The minimum absolute atomic E-state index is 0.0223. The molecule has 0 spiro atoms. The first kappa shape index (κ1) is 15.9. The molecule has 2 N–H and O–H groups in total. The summed E-state index contributed by atoms with van der Waals surface area (Å²) in [5.74, 6) is -0.356. The summed E-state index contributed by atoms with van der Waals surface area (Å²) in [5.41, 5.74) is 0.0681. The minimum Gasteiger partial charge on any atom is -0.389 e. The van der Waals surface area contributed by atoms with Crippen molar-refractivity contribution in [3.8, 4) is 0 Å². The molecule has 1 aromatic carbocycles. The second kappa shape index (κ2) is 6.54. The van der Waals surface area contributed by atoms with Crippen molar-refractivity contribution in [3.63, 3.8) is 0 Å². The second-order valence-corrected chi connectivity index (χ2v) is 6.19. The van der Waals surface area contributed by atoms with Gasteiger partial charge in [-0.05, 0) is 50.9 Å². The van der Waals surface area contributed by atoms with E-state index in [9.17, 15) is 14.3 Å². The molecule has 0 bridgehead atoms. The average molecular weight is 294 g/mol. The van der Waals surface area contributed by atoms with Gasteiger partial charge in [-0.3, -0.25) is 9.69 Å². The van der Waals surface area contributed by atoms with E-state index in [2.05, 4.69) is 5.32 Å². The van der Waals surface area contributed by atoms with E-state index in [0.717, 1.165) is 24.9 Å². The molecule has 1 amide bonds. The highest BCUT2D eigenvalue weighted by Crippen LogP contribution is 2.26. The number of aliphatic hydroxyl groups is 1. The number of rotatable bonds is 5. The van der Waals surface area contributed by atoms with Crippen LogP contribution in [0.3, 0.4) is 0 Å². The van der Waals surface area contributed by atoms with E-state index in [0.29, 0.717) is 6.54 Å². The highest BCUT2D eigenvalue weighted by atomic mass is 19.1. The first-order valence-corrected chi connectivity index (χ1v) is 7.34. The molecule has 0 aromatic heterocycles. The van der Waals surface area contributed by atoms with Gasteiger partial charge < -0.3 is 10.4 Å². The maximum Gasteiger partial charge on any atom is 0.234 e. The van der Waals surface area contributed by atoms with E-state index >= 15 is 0 Å². The number of carbonyl (C=O) groups excluding carboxylic acids is 1. The van der Waals surface area contributed by atoms with E-state index in [4.69, 9.17) is 0 Å². The topological polar surface area (TPSA) is 52.6 Å². The summed E-state index contributed by atoms with van der Waals surface area (Å²) < 4.78 is 12.8. The largest absolute Gasteiger partial charge is 0.389 e. The van der Waals surface area contributed by atoms with Crippen molar-refractivity contribution in [1.82, 2.24) is 10.2 Å². The molecule has 1 aromatic rings. The van der Waals surface area contributed by atoms with Gasteiger partial charge >= 0.3 is 0 Å². The Kier molecular flexibility index (Phi) is 4.96. The standard InChI is InChI=1S/C16H23FN2O2/c1-16(2,21)14-4-3-9-19(14)11-15(20)18-10-12-5-7-13(17)8-6-12/h5-8,14,21H,3-4,9-11H2,1-2H3,(H,18,20). The summed E-state index contributed by atoms with van der Waals surface area (Å²) in [7, 11) is 0. The third-order valence-electron chi connectivity index (χ3n) is 3.93. The smallest absolute Gasteiger partial charge is 0.234 e. The lowest BCUT2D eigenvalue weighted by Crippen LogP contribution is -2.48. The normalized spacial score (nSPS) is 19.7. The predicted molar refractivity (Wildman–Crippen MR) is 79.1 cm³/mol. The SMILES string of the molecule is CC(C)(O)C1CCCN1CC(=O)NCc1ccc(F)cc1. The zero-order valence-corrected chi connectivity index (χ0v) is 12.6. The second-order valence-electron chi connectivity index (χ2n) is 6.19. The first-order valence-electron chi connectivity index (χ1n) is 7.34. The number of hydrogen-bond acceptors (Lipinski definition) is 3. The zero-order chi connectivity index (χ0) is 15.5. The number of hydrogen-bond donors (Lipinski definition) is 2. The molecule has 1 aliphatic rings. The number of nitrogens with one attached hydrogen (secondary N) is 1. The fraction of sp³-hybridized carbons (Fsp3) is 0.562. The van der Waals surface area contributed by atoms with Crippen LogP contribution in [0.2, 0.25) is 0 Å². The molecule has 1 heterocycles. The molecule has 4 nitrogen and oxygen atoms in total. The van der Waals surface area contributed by atoms with Crippen LogP contribution in [0.5, 0.6) is 0 Å². The van der Waals surface area contributed by atoms with E-state index in [1.807, 2.05) is 4.90 Å². The summed E-state index contributed by atoms with van der Waals surface area (Å²) >= 11 is 0. The van der Waals surface area contributed by atoms with Crippen LogP contribution in [-0.2, 0) is 11.3 Å². The third kappa shape index (κ3) is 4.51. The summed E-state index contributed by atoms with van der Waals surface area (Å²) in [6, 6.07) is 6.10. The van der Waals surface area contributed by atoms with E-state index in [-0.39, 0.29) is 24.3 Å². The van der Waals surface area contributed by atoms with Gasteiger partial charge in [-0.25, -0.2) is 4.39 Å². The molecule has 0 radical (unpaired) electrons. The number of amides is 1. The maximum atomic E-state index is 12.8. The van der Waals surface area contributed by atoms with Crippen LogP contribution in [0.1, 0.15) is 32.3 Å². The van der Waals surface area contributed by atoms with Crippen LogP contribution in [-0.4, -0.2) is 40.6 Å². The molecule has 1 fully saturated rings. The fourth-order valence-corrected chi connectivity index (χ4v) is 2.86. The minimum atomic E-state index is -0.798. The third-order valence-corrected chi connectivity index (χ3v) is 3.93. The van der Waals surface area contributed by atoms with Crippen molar-refractivity contribution in [2.45, 2.75) is 44.9 Å². The van der Waals surface area contributed by atoms with E-state index in [1.54, 1.807) is 26.0 Å². The van der Waals surface area contributed by atoms with Crippen molar-refractivity contribution in [1.29, 1.82) is 0 Å². The predicted octanol–water partition coefficient (Wildman–Crippen LogP) is 1.68. The van der Waals surface area contributed by atoms with Crippen LogP contribution < -0.4 is 5.32 Å². The number of halogens is 1. The maximum absolute atomic E-state index is 12.8.